The van der Waals surface area contributed by atoms with E-state index in [1.807, 2.05) is 0 Å². The zero-order valence-electron chi connectivity index (χ0n) is 5.70. The van der Waals surface area contributed by atoms with Crippen molar-refractivity contribution in [3.8, 4) is 0 Å². The van der Waals surface area contributed by atoms with E-state index in [0.29, 0.717) is 11.9 Å². The van der Waals surface area contributed by atoms with E-state index in [0.717, 1.165) is 12.8 Å². The monoisotopic (exact) mass is 142 g/mol. The Balaban J connectivity index is 2.61. The standard InChI is InChI=1S/C6H11BO3/c8-6-4-2-1-3-5(6)7(9)10/h3,6,8-10H,1-2,4H2. The van der Waals surface area contributed by atoms with Crippen molar-refractivity contribution in [3.05, 3.63) is 11.5 Å². The van der Waals surface area contributed by atoms with Crippen molar-refractivity contribution in [3.63, 3.8) is 0 Å². The summed E-state index contributed by atoms with van der Waals surface area (Å²) in [5, 5.41) is 26.5. The van der Waals surface area contributed by atoms with Crippen LogP contribution >= 0.6 is 0 Å². The Morgan fingerprint density at radius 2 is 2.20 bits per heavy atom. The molecule has 0 aromatic rings. The number of aliphatic hydroxyl groups excluding tert-OH is 1. The van der Waals surface area contributed by atoms with Crippen LogP contribution in [-0.4, -0.2) is 28.4 Å². The molecule has 1 atom stereocenters. The Morgan fingerprint density at radius 1 is 1.50 bits per heavy atom. The highest BCUT2D eigenvalue weighted by atomic mass is 16.4. The molecule has 0 aliphatic heterocycles. The molecule has 1 rings (SSSR count). The second-order valence-electron chi connectivity index (χ2n) is 2.52. The molecule has 3 nitrogen and oxygen atoms in total. The van der Waals surface area contributed by atoms with Crippen LogP contribution in [0.4, 0.5) is 0 Å². The van der Waals surface area contributed by atoms with Crippen molar-refractivity contribution in [1.29, 1.82) is 0 Å². The fourth-order valence-electron chi connectivity index (χ4n) is 1.16. The average molecular weight is 142 g/mol. The molecular formula is C6H11BO3. The molecule has 0 radical (unpaired) electrons. The summed E-state index contributed by atoms with van der Waals surface area (Å²) >= 11 is 0. The first-order valence-corrected chi connectivity index (χ1v) is 3.46. The van der Waals surface area contributed by atoms with E-state index in [4.69, 9.17) is 15.2 Å². The number of hydrogen-bond donors (Lipinski definition) is 3. The van der Waals surface area contributed by atoms with Gasteiger partial charge >= 0.3 is 7.12 Å². The van der Waals surface area contributed by atoms with E-state index in [-0.39, 0.29) is 0 Å². The lowest BCUT2D eigenvalue weighted by Crippen LogP contribution is -2.27. The summed E-state index contributed by atoms with van der Waals surface area (Å²) in [6.45, 7) is 0. The Labute approximate surface area is 60.1 Å². The molecular weight excluding hydrogens is 131 g/mol. The van der Waals surface area contributed by atoms with Gasteiger partial charge in [-0.3, -0.25) is 0 Å². The van der Waals surface area contributed by atoms with Crippen molar-refractivity contribution in [2.75, 3.05) is 0 Å². The van der Waals surface area contributed by atoms with Gasteiger partial charge in [0.1, 0.15) is 0 Å². The first-order valence-electron chi connectivity index (χ1n) is 3.46. The molecule has 1 aliphatic carbocycles. The maximum absolute atomic E-state index is 9.15. The molecule has 1 unspecified atom stereocenters. The quantitative estimate of drug-likeness (QED) is 0.431. The minimum Gasteiger partial charge on any atom is -0.423 e. The van der Waals surface area contributed by atoms with Crippen LogP contribution in [0.5, 0.6) is 0 Å². The molecule has 0 bridgehead atoms. The minimum atomic E-state index is -1.48. The Hall–Kier alpha value is -0.315. The molecule has 1 aliphatic rings. The molecule has 0 saturated carbocycles. The summed E-state index contributed by atoms with van der Waals surface area (Å²) in [5.41, 5.74) is 0.353. The van der Waals surface area contributed by atoms with Crippen molar-refractivity contribution in [2.24, 2.45) is 0 Å². The molecule has 0 fully saturated rings. The van der Waals surface area contributed by atoms with Crippen LogP contribution in [0.2, 0.25) is 0 Å². The van der Waals surface area contributed by atoms with Gasteiger partial charge in [0.25, 0.3) is 0 Å². The highest BCUT2D eigenvalue weighted by Crippen LogP contribution is 2.18. The second kappa shape index (κ2) is 3.19. The van der Waals surface area contributed by atoms with E-state index in [9.17, 15) is 0 Å². The molecule has 4 heteroatoms. The van der Waals surface area contributed by atoms with E-state index >= 15 is 0 Å². The summed E-state index contributed by atoms with van der Waals surface area (Å²) < 4.78 is 0. The van der Waals surface area contributed by atoms with Crippen molar-refractivity contribution in [1.82, 2.24) is 0 Å². The van der Waals surface area contributed by atoms with Gasteiger partial charge in [0.2, 0.25) is 0 Å². The predicted molar refractivity (Wildman–Crippen MR) is 38.1 cm³/mol. The van der Waals surface area contributed by atoms with Gasteiger partial charge in [-0.2, -0.15) is 0 Å². The van der Waals surface area contributed by atoms with Crippen molar-refractivity contribution < 1.29 is 15.2 Å². The summed E-state index contributed by atoms with van der Waals surface area (Å²) in [5.74, 6) is 0. The Morgan fingerprint density at radius 3 is 2.60 bits per heavy atom. The summed E-state index contributed by atoms with van der Waals surface area (Å²) in [6, 6.07) is 0. The SMILES string of the molecule is OB(O)C1=CCCCC1O. The summed E-state index contributed by atoms with van der Waals surface area (Å²) in [4.78, 5) is 0. The summed E-state index contributed by atoms with van der Waals surface area (Å²) in [6.07, 6.45) is 3.46. The van der Waals surface area contributed by atoms with Crippen LogP contribution in [0.1, 0.15) is 19.3 Å². The van der Waals surface area contributed by atoms with Crippen molar-refractivity contribution >= 4 is 7.12 Å². The number of aliphatic hydroxyl groups is 1. The van der Waals surface area contributed by atoms with Gasteiger partial charge in [0.15, 0.2) is 0 Å². The Bertz CT molecular complexity index is 144. The van der Waals surface area contributed by atoms with Gasteiger partial charge in [0, 0.05) is 0 Å². The van der Waals surface area contributed by atoms with Crippen LogP contribution < -0.4 is 0 Å². The fourth-order valence-corrected chi connectivity index (χ4v) is 1.16. The summed E-state index contributed by atoms with van der Waals surface area (Å²) in [7, 11) is -1.48. The predicted octanol–water partition coefficient (Wildman–Crippen LogP) is -0.530. The lowest BCUT2D eigenvalue weighted by atomic mass is 9.72. The van der Waals surface area contributed by atoms with Gasteiger partial charge in [0.05, 0.1) is 6.10 Å². The van der Waals surface area contributed by atoms with Gasteiger partial charge in [-0.1, -0.05) is 6.08 Å². The van der Waals surface area contributed by atoms with Crippen LogP contribution in [0.15, 0.2) is 11.5 Å². The van der Waals surface area contributed by atoms with E-state index in [2.05, 4.69) is 0 Å². The molecule has 0 spiro atoms. The largest absolute Gasteiger partial charge is 0.486 e. The van der Waals surface area contributed by atoms with Crippen molar-refractivity contribution in [2.45, 2.75) is 25.4 Å². The Kier molecular flexibility index (Phi) is 2.48. The van der Waals surface area contributed by atoms with Crippen LogP contribution in [0.3, 0.4) is 0 Å². The number of rotatable bonds is 1. The number of allylic oxidation sites excluding steroid dienone is 1. The van der Waals surface area contributed by atoms with Crippen LogP contribution in [-0.2, 0) is 0 Å². The van der Waals surface area contributed by atoms with E-state index in [1.165, 1.54) is 0 Å². The van der Waals surface area contributed by atoms with Gasteiger partial charge in [-0.15, -0.1) is 0 Å². The second-order valence-corrected chi connectivity index (χ2v) is 2.52. The maximum atomic E-state index is 9.15. The highest BCUT2D eigenvalue weighted by Gasteiger charge is 2.24. The topological polar surface area (TPSA) is 60.7 Å². The highest BCUT2D eigenvalue weighted by molar-refractivity contribution is 6.51. The van der Waals surface area contributed by atoms with E-state index < -0.39 is 13.2 Å². The fraction of sp³-hybridized carbons (Fsp3) is 0.667. The first kappa shape index (κ1) is 7.79. The normalized spacial score (nSPS) is 25.9. The molecule has 0 heterocycles. The van der Waals surface area contributed by atoms with Crippen LogP contribution in [0.25, 0.3) is 0 Å². The van der Waals surface area contributed by atoms with Gasteiger partial charge in [-0.25, -0.2) is 0 Å². The molecule has 56 valence electrons. The smallest absolute Gasteiger partial charge is 0.423 e. The minimum absolute atomic E-state index is 0.353. The third-order valence-corrected chi connectivity index (χ3v) is 1.74. The molecule has 0 saturated heterocycles. The zero-order chi connectivity index (χ0) is 7.56. The first-order chi connectivity index (χ1) is 4.72. The lowest BCUT2D eigenvalue weighted by molar-refractivity contribution is 0.192. The van der Waals surface area contributed by atoms with Gasteiger partial charge in [-0.05, 0) is 24.7 Å². The third-order valence-electron chi connectivity index (χ3n) is 1.74. The maximum Gasteiger partial charge on any atom is 0.486 e. The molecule has 0 aromatic heterocycles. The molecule has 0 amide bonds. The van der Waals surface area contributed by atoms with Crippen LogP contribution in [0, 0.1) is 0 Å². The van der Waals surface area contributed by atoms with E-state index in [1.54, 1.807) is 6.08 Å². The number of hydrogen-bond acceptors (Lipinski definition) is 3. The zero-order valence-corrected chi connectivity index (χ0v) is 5.70. The lowest BCUT2D eigenvalue weighted by Gasteiger charge is -2.18. The molecule has 10 heavy (non-hydrogen) atoms. The molecule has 3 N–H and O–H groups in total. The third kappa shape index (κ3) is 1.59. The average Bonchev–Trinajstić information content (AvgIpc) is 1.88. The van der Waals surface area contributed by atoms with Gasteiger partial charge < -0.3 is 15.2 Å². The molecule has 0 aromatic carbocycles.